The van der Waals surface area contributed by atoms with E-state index < -0.39 is 0 Å². The van der Waals surface area contributed by atoms with Gasteiger partial charge in [-0.05, 0) is 60.5 Å². The summed E-state index contributed by atoms with van der Waals surface area (Å²) in [6, 6.07) is 14.7. The van der Waals surface area contributed by atoms with Gasteiger partial charge in [0.1, 0.15) is 17.4 Å². The number of halogens is 3. The molecular formula is C22H26Cl2FN3O. The zero-order valence-electron chi connectivity index (χ0n) is 16.6. The van der Waals surface area contributed by atoms with E-state index in [4.69, 9.17) is 9.72 Å². The Hall–Kier alpha value is -2.08. The van der Waals surface area contributed by atoms with Crippen molar-refractivity contribution in [2.45, 2.75) is 6.92 Å². The SMILES string of the molecule is CCN1CCN(c2nc(-c3ccc(OC)cc3)cc3cc(F)ccc23)CC1.Cl.Cl. The first-order valence-electron chi connectivity index (χ1n) is 9.40. The molecular weight excluding hydrogens is 412 g/mol. The van der Waals surface area contributed by atoms with Gasteiger partial charge in [0.05, 0.1) is 12.8 Å². The van der Waals surface area contributed by atoms with Gasteiger partial charge < -0.3 is 14.5 Å². The number of hydrogen-bond donors (Lipinski definition) is 0. The van der Waals surface area contributed by atoms with Gasteiger partial charge in [-0.1, -0.05) is 6.92 Å². The lowest BCUT2D eigenvalue weighted by Crippen LogP contribution is -2.46. The number of pyridine rings is 1. The standard InChI is InChI=1S/C22H24FN3O.2ClH/c1-3-25-10-12-26(13-11-25)22-20-9-6-18(23)14-17(20)15-21(24-22)16-4-7-19(27-2)8-5-16;;/h4-9,14-15H,3,10-13H2,1-2H3;2*1H. The van der Waals surface area contributed by atoms with E-state index in [0.29, 0.717) is 0 Å². The first-order chi connectivity index (χ1) is 13.2. The summed E-state index contributed by atoms with van der Waals surface area (Å²) < 4.78 is 19.1. The number of methoxy groups -OCH3 is 1. The molecule has 4 nitrogen and oxygen atoms in total. The van der Waals surface area contributed by atoms with E-state index in [9.17, 15) is 4.39 Å². The van der Waals surface area contributed by atoms with Crippen molar-refractivity contribution in [3.8, 4) is 17.0 Å². The summed E-state index contributed by atoms with van der Waals surface area (Å²) in [5.74, 6) is 1.52. The van der Waals surface area contributed by atoms with E-state index in [2.05, 4.69) is 16.7 Å². The molecule has 2 aromatic carbocycles. The van der Waals surface area contributed by atoms with Crippen LogP contribution in [0.15, 0.2) is 48.5 Å². The zero-order chi connectivity index (χ0) is 18.8. The minimum atomic E-state index is -0.226. The average molecular weight is 438 g/mol. The molecule has 0 aliphatic carbocycles. The van der Waals surface area contributed by atoms with Crippen LogP contribution in [0.25, 0.3) is 22.0 Å². The predicted molar refractivity (Wildman–Crippen MR) is 123 cm³/mol. The number of anilines is 1. The molecule has 0 radical (unpaired) electrons. The summed E-state index contributed by atoms with van der Waals surface area (Å²) >= 11 is 0. The predicted octanol–water partition coefficient (Wildman–Crippen LogP) is 5.04. The van der Waals surface area contributed by atoms with Gasteiger partial charge >= 0.3 is 0 Å². The fraction of sp³-hybridized carbons (Fsp3) is 0.318. The van der Waals surface area contributed by atoms with Crippen LogP contribution in [-0.4, -0.2) is 49.7 Å². The molecule has 0 N–H and O–H groups in total. The lowest BCUT2D eigenvalue weighted by atomic mass is 10.1. The summed E-state index contributed by atoms with van der Waals surface area (Å²) in [7, 11) is 1.65. The van der Waals surface area contributed by atoms with Crippen LogP contribution in [0.3, 0.4) is 0 Å². The number of piperazine rings is 1. The number of hydrogen-bond acceptors (Lipinski definition) is 4. The molecule has 1 fully saturated rings. The lowest BCUT2D eigenvalue weighted by molar-refractivity contribution is 0.271. The van der Waals surface area contributed by atoms with Gasteiger partial charge in [-0.3, -0.25) is 0 Å². The first-order valence-corrected chi connectivity index (χ1v) is 9.40. The lowest BCUT2D eigenvalue weighted by Gasteiger charge is -2.35. The normalized spacial score (nSPS) is 14.2. The Labute approximate surface area is 183 Å². The van der Waals surface area contributed by atoms with E-state index >= 15 is 0 Å². The molecule has 0 amide bonds. The third-order valence-corrected chi connectivity index (χ3v) is 5.28. The van der Waals surface area contributed by atoms with Crippen LogP contribution in [0.4, 0.5) is 10.2 Å². The molecule has 0 unspecified atom stereocenters. The van der Waals surface area contributed by atoms with Gasteiger partial charge in [0, 0.05) is 37.1 Å². The van der Waals surface area contributed by atoms with Crippen molar-refractivity contribution < 1.29 is 9.13 Å². The second-order valence-corrected chi connectivity index (χ2v) is 6.85. The molecule has 1 aliphatic rings. The summed E-state index contributed by atoms with van der Waals surface area (Å²) in [6.07, 6.45) is 0. The number of aromatic nitrogens is 1. The second-order valence-electron chi connectivity index (χ2n) is 6.85. The van der Waals surface area contributed by atoms with Crippen molar-refractivity contribution in [1.82, 2.24) is 9.88 Å². The summed E-state index contributed by atoms with van der Waals surface area (Å²) in [4.78, 5) is 9.73. The fourth-order valence-corrected chi connectivity index (χ4v) is 3.64. The maximum Gasteiger partial charge on any atom is 0.137 e. The van der Waals surface area contributed by atoms with Crippen LogP contribution in [0.5, 0.6) is 5.75 Å². The van der Waals surface area contributed by atoms with Crippen molar-refractivity contribution in [3.63, 3.8) is 0 Å². The fourth-order valence-electron chi connectivity index (χ4n) is 3.64. The highest BCUT2D eigenvalue weighted by molar-refractivity contribution is 5.95. The van der Waals surface area contributed by atoms with E-state index in [1.54, 1.807) is 13.2 Å². The van der Waals surface area contributed by atoms with Gasteiger partial charge in [-0.15, -0.1) is 24.8 Å². The Morgan fingerprint density at radius 1 is 0.966 bits per heavy atom. The largest absolute Gasteiger partial charge is 0.497 e. The molecule has 7 heteroatoms. The number of likely N-dealkylation sites (N-methyl/N-ethyl adjacent to an activating group) is 1. The zero-order valence-corrected chi connectivity index (χ0v) is 18.2. The smallest absolute Gasteiger partial charge is 0.137 e. The van der Waals surface area contributed by atoms with Crippen molar-refractivity contribution in [1.29, 1.82) is 0 Å². The molecule has 4 rings (SSSR count). The van der Waals surface area contributed by atoms with Gasteiger partial charge in [0.25, 0.3) is 0 Å². The van der Waals surface area contributed by atoms with Crippen molar-refractivity contribution in [2.24, 2.45) is 0 Å². The van der Waals surface area contributed by atoms with Crippen molar-refractivity contribution in [3.05, 3.63) is 54.3 Å². The topological polar surface area (TPSA) is 28.6 Å². The molecule has 156 valence electrons. The maximum absolute atomic E-state index is 13.9. The Bertz CT molecular complexity index is 945. The molecule has 1 aliphatic heterocycles. The third-order valence-electron chi connectivity index (χ3n) is 5.28. The Morgan fingerprint density at radius 3 is 2.28 bits per heavy atom. The molecule has 0 bridgehead atoms. The van der Waals surface area contributed by atoms with Crippen molar-refractivity contribution in [2.75, 3.05) is 44.7 Å². The van der Waals surface area contributed by atoms with E-state index in [1.165, 1.54) is 6.07 Å². The summed E-state index contributed by atoms with van der Waals surface area (Å²) in [5, 5.41) is 1.88. The molecule has 1 aromatic heterocycles. The van der Waals surface area contributed by atoms with Crippen LogP contribution in [0.2, 0.25) is 0 Å². The minimum Gasteiger partial charge on any atom is -0.497 e. The molecule has 2 heterocycles. The van der Waals surface area contributed by atoms with Crippen LogP contribution in [0.1, 0.15) is 6.92 Å². The van der Waals surface area contributed by atoms with Crippen LogP contribution < -0.4 is 9.64 Å². The molecule has 1 saturated heterocycles. The third kappa shape index (κ3) is 4.92. The monoisotopic (exact) mass is 437 g/mol. The summed E-state index contributed by atoms with van der Waals surface area (Å²) in [6.45, 7) is 7.16. The van der Waals surface area contributed by atoms with E-state index in [-0.39, 0.29) is 30.6 Å². The van der Waals surface area contributed by atoms with Crippen LogP contribution in [0, 0.1) is 5.82 Å². The molecule has 0 atom stereocenters. The highest BCUT2D eigenvalue weighted by Crippen LogP contribution is 2.31. The van der Waals surface area contributed by atoms with Gasteiger partial charge in [-0.2, -0.15) is 0 Å². The van der Waals surface area contributed by atoms with E-state index in [0.717, 1.165) is 66.3 Å². The average Bonchev–Trinajstić information content (AvgIpc) is 2.73. The number of fused-ring (bicyclic) bond motifs is 1. The highest BCUT2D eigenvalue weighted by Gasteiger charge is 2.20. The van der Waals surface area contributed by atoms with E-state index in [1.807, 2.05) is 36.4 Å². The molecule has 0 spiro atoms. The number of ether oxygens (including phenoxy) is 1. The molecule has 0 saturated carbocycles. The maximum atomic E-state index is 13.9. The van der Waals surface area contributed by atoms with Crippen LogP contribution in [-0.2, 0) is 0 Å². The minimum absolute atomic E-state index is 0. The Balaban J connectivity index is 0.00000150. The second kappa shape index (κ2) is 10.1. The molecule has 29 heavy (non-hydrogen) atoms. The van der Waals surface area contributed by atoms with Crippen LogP contribution >= 0.6 is 24.8 Å². The highest BCUT2D eigenvalue weighted by atomic mass is 35.5. The molecule has 3 aromatic rings. The van der Waals surface area contributed by atoms with Gasteiger partial charge in [0.15, 0.2) is 0 Å². The Kier molecular flexibility index (Phi) is 8.08. The van der Waals surface area contributed by atoms with Gasteiger partial charge in [-0.25, -0.2) is 9.37 Å². The van der Waals surface area contributed by atoms with Gasteiger partial charge in [0.2, 0.25) is 0 Å². The Morgan fingerprint density at radius 2 is 1.66 bits per heavy atom. The number of nitrogens with zero attached hydrogens (tertiary/aromatic N) is 3. The summed E-state index contributed by atoms with van der Waals surface area (Å²) in [5.41, 5.74) is 1.85. The number of rotatable bonds is 4. The number of benzene rings is 2. The van der Waals surface area contributed by atoms with Crippen molar-refractivity contribution >= 4 is 41.4 Å². The quantitative estimate of drug-likeness (QED) is 0.571. The first kappa shape index (κ1) is 23.2.